The largest absolute Gasteiger partial charge is 0.424 e. The third-order valence-electron chi connectivity index (χ3n) is 7.62. The Balaban J connectivity index is 2.34. The Morgan fingerprint density at radius 1 is 1.11 bits per heavy atom. The van der Waals surface area contributed by atoms with Crippen LogP contribution in [0.2, 0.25) is 0 Å². The lowest BCUT2D eigenvalue weighted by Gasteiger charge is -2.50. The fourth-order valence-electron chi connectivity index (χ4n) is 4.76. The molecule has 0 saturated heterocycles. The molecule has 7 heteroatoms. The highest BCUT2D eigenvalue weighted by Gasteiger charge is 2.49. The molecule has 1 aromatic heterocycles. The molecule has 2 aromatic rings. The number of rotatable bonds is 6. The number of hydrogen-bond acceptors (Lipinski definition) is 6. The van der Waals surface area contributed by atoms with Crippen LogP contribution in [0.4, 0.5) is 0 Å². The number of nitriles is 1. The standard InChI is InChI=1S/C28H40N6O/c1-10-15-28(8,26(2,3)4)23-22(19-11-13-20(14-12-19)34-17-16-31-32-34)21(18-29)24(30)35-25(23)33(9)27(5,6)7/h11-14,16-17,22H,10,15,30H2,1-9H3. The Bertz CT molecular complexity index is 1140. The first-order valence-electron chi connectivity index (χ1n) is 12.3. The monoisotopic (exact) mass is 476 g/mol. The highest BCUT2D eigenvalue weighted by atomic mass is 16.5. The van der Waals surface area contributed by atoms with E-state index in [0.29, 0.717) is 5.57 Å². The Hall–Kier alpha value is -3.27. The molecule has 0 amide bonds. The van der Waals surface area contributed by atoms with Crippen molar-refractivity contribution in [3.8, 4) is 11.8 Å². The van der Waals surface area contributed by atoms with Gasteiger partial charge in [-0.15, -0.1) is 5.10 Å². The van der Waals surface area contributed by atoms with E-state index in [4.69, 9.17) is 10.5 Å². The first-order valence-corrected chi connectivity index (χ1v) is 12.3. The third kappa shape index (κ3) is 4.80. The van der Waals surface area contributed by atoms with Gasteiger partial charge in [0.1, 0.15) is 11.6 Å². The third-order valence-corrected chi connectivity index (χ3v) is 7.62. The van der Waals surface area contributed by atoms with Crippen LogP contribution in [-0.4, -0.2) is 32.5 Å². The summed E-state index contributed by atoms with van der Waals surface area (Å²) in [6.45, 7) is 17.8. The maximum absolute atomic E-state index is 10.3. The number of benzene rings is 1. The minimum atomic E-state index is -0.325. The van der Waals surface area contributed by atoms with E-state index >= 15 is 0 Å². The topological polar surface area (TPSA) is 93.0 Å². The quantitative estimate of drug-likeness (QED) is 0.560. The second kappa shape index (κ2) is 9.41. The zero-order chi connectivity index (χ0) is 26.2. The fraction of sp³-hybridized carbons (Fsp3) is 0.536. The number of allylic oxidation sites excluding steroid dienone is 2. The SMILES string of the molecule is CCCC(C)(C1=C(N(C)C(C)(C)C)OC(N)=C(C#N)C1c1ccc(-n2ccnn2)cc1)C(C)(C)C. The molecule has 7 nitrogen and oxygen atoms in total. The predicted molar refractivity (Wildman–Crippen MR) is 139 cm³/mol. The van der Waals surface area contributed by atoms with Crippen molar-refractivity contribution in [1.29, 1.82) is 5.26 Å². The van der Waals surface area contributed by atoms with E-state index in [0.717, 1.165) is 35.5 Å². The predicted octanol–water partition coefficient (Wildman–Crippen LogP) is 5.87. The average Bonchev–Trinajstić information content (AvgIpc) is 3.31. The second-order valence-electron chi connectivity index (χ2n) is 11.6. The van der Waals surface area contributed by atoms with Crippen molar-refractivity contribution in [2.24, 2.45) is 16.6 Å². The molecule has 2 heterocycles. The molecule has 0 fully saturated rings. The molecule has 188 valence electrons. The molecule has 0 radical (unpaired) electrons. The van der Waals surface area contributed by atoms with Gasteiger partial charge in [0.15, 0.2) is 5.88 Å². The summed E-state index contributed by atoms with van der Waals surface area (Å²) in [6, 6.07) is 10.5. The van der Waals surface area contributed by atoms with E-state index in [1.165, 1.54) is 0 Å². The van der Waals surface area contributed by atoms with Crippen LogP contribution in [0.5, 0.6) is 0 Å². The maximum atomic E-state index is 10.3. The minimum Gasteiger partial charge on any atom is -0.424 e. The maximum Gasteiger partial charge on any atom is 0.207 e. The number of ether oxygens (including phenoxy) is 1. The van der Waals surface area contributed by atoms with Gasteiger partial charge in [0, 0.05) is 18.2 Å². The lowest BCUT2D eigenvalue weighted by atomic mass is 9.57. The normalized spacial score (nSPS) is 18.7. The van der Waals surface area contributed by atoms with Crippen LogP contribution < -0.4 is 5.73 Å². The number of aromatic nitrogens is 3. The van der Waals surface area contributed by atoms with Crippen LogP contribution in [0.3, 0.4) is 0 Å². The molecule has 0 aliphatic carbocycles. The summed E-state index contributed by atoms with van der Waals surface area (Å²) in [4.78, 5) is 2.15. The van der Waals surface area contributed by atoms with Crippen molar-refractivity contribution in [3.63, 3.8) is 0 Å². The average molecular weight is 477 g/mol. The van der Waals surface area contributed by atoms with Gasteiger partial charge in [0.05, 0.1) is 24.0 Å². The highest BCUT2D eigenvalue weighted by Crippen LogP contribution is 2.57. The molecule has 0 bridgehead atoms. The molecule has 2 atom stereocenters. The molecule has 35 heavy (non-hydrogen) atoms. The van der Waals surface area contributed by atoms with Crippen LogP contribution in [-0.2, 0) is 4.74 Å². The fourth-order valence-corrected chi connectivity index (χ4v) is 4.76. The molecular weight excluding hydrogens is 436 g/mol. The Morgan fingerprint density at radius 3 is 2.20 bits per heavy atom. The van der Waals surface area contributed by atoms with Gasteiger partial charge in [-0.1, -0.05) is 58.4 Å². The summed E-state index contributed by atoms with van der Waals surface area (Å²) < 4.78 is 8.05. The lowest BCUT2D eigenvalue weighted by Crippen LogP contribution is -2.46. The molecule has 2 unspecified atom stereocenters. The smallest absolute Gasteiger partial charge is 0.207 e. The summed E-state index contributed by atoms with van der Waals surface area (Å²) >= 11 is 0. The molecule has 2 N–H and O–H groups in total. The van der Waals surface area contributed by atoms with Crippen molar-refractivity contribution in [2.45, 2.75) is 79.7 Å². The van der Waals surface area contributed by atoms with Crippen LogP contribution in [0, 0.1) is 22.2 Å². The Morgan fingerprint density at radius 2 is 1.74 bits per heavy atom. The molecule has 0 spiro atoms. The zero-order valence-electron chi connectivity index (χ0n) is 22.7. The van der Waals surface area contributed by atoms with Crippen molar-refractivity contribution >= 4 is 0 Å². The summed E-state index contributed by atoms with van der Waals surface area (Å²) in [7, 11) is 2.04. The van der Waals surface area contributed by atoms with E-state index in [-0.39, 0.29) is 28.2 Å². The van der Waals surface area contributed by atoms with E-state index in [9.17, 15) is 5.26 Å². The number of hydrogen-bond donors (Lipinski definition) is 1. The van der Waals surface area contributed by atoms with Gasteiger partial charge >= 0.3 is 0 Å². The van der Waals surface area contributed by atoms with Crippen LogP contribution in [0.25, 0.3) is 5.69 Å². The van der Waals surface area contributed by atoms with Crippen molar-refractivity contribution in [2.75, 3.05) is 7.05 Å². The molecule has 3 rings (SSSR count). The van der Waals surface area contributed by atoms with Gasteiger partial charge in [-0.05, 0) is 55.7 Å². The summed E-state index contributed by atoms with van der Waals surface area (Å²) in [5.41, 5.74) is 9.31. The summed E-state index contributed by atoms with van der Waals surface area (Å²) in [5.74, 6) is 0.583. The van der Waals surface area contributed by atoms with Gasteiger partial charge < -0.3 is 15.4 Å². The van der Waals surface area contributed by atoms with Crippen LogP contribution in [0.15, 0.2) is 59.6 Å². The first-order chi connectivity index (χ1) is 16.3. The molecular formula is C28H40N6O. The Kier molecular flexibility index (Phi) is 7.08. The molecule has 1 aliphatic rings. The van der Waals surface area contributed by atoms with Crippen LogP contribution in [0.1, 0.15) is 79.7 Å². The van der Waals surface area contributed by atoms with Crippen LogP contribution >= 0.6 is 0 Å². The van der Waals surface area contributed by atoms with E-state index < -0.39 is 0 Å². The zero-order valence-corrected chi connectivity index (χ0v) is 22.7. The summed E-state index contributed by atoms with van der Waals surface area (Å²) in [5, 5.41) is 18.3. The van der Waals surface area contributed by atoms with E-state index in [1.54, 1.807) is 10.9 Å². The van der Waals surface area contributed by atoms with E-state index in [2.05, 4.69) is 88.8 Å². The summed E-state index contributed by atoms with van der Waals surface area (Å²) in [6.07, 6.45) is 5.41. The minimum absolute atomic E-state index is 0.0999. The number of nitrogens with zero attached hydrogens (tertiary/aromatic N) is 5. The number of nitrogens with two attached hydrogens (primary N) is 1. The molecule has 1 aliphatic heterocycles. The van der Waals surface area contributed by atoms with Crippen molar-refractivity contribution < 1.29 is 4.74 Å². The van der Waals surface area contributed by atoms with Crippen molar-refractivity contribution in [1.82, 2.24) is 19.9 Å². The molecule has 0 saturated carbocycles. The Labute approximate surface area is 210 Å². The van der Waals surface area contributed by atoms with Gasteiger partial charge in [-0.25, -0.2) is 4.68 Å². The van der Waals surface area contributed by atoms with Gasteiger partial charge in [0.2, 0.25) is 5.88 Å². The second-order valence-corrected chi connectivity index (χ2v) is 11.6. The molecule has 1 aromatic carbocycles. The van der Waals surface area contributed by atoms with E-state index in [1.807, 2.05) is 25.4 Å². The van der Waals surface area contributed by atoms with Crippen molar-refractivity contribution in [3.05, 3.63) is 65.1 Å². The van der Waals surface area contributed by atoms with Gasteiger partial charge in [-0.3, -0.25) is 0 Å². The van der Waals surface area contributed by atoms with Gasteiger partial charge in [-0.2, -0.15) is 5.26 Å². The highest BCUT2D eigenvalue weighted by molar-refractivity contribution is 5.52. The first kappa shape index (κ1) is 26.3. The lowest BCUT2D eigenvalue weighted by molar-refractivity contribution is 0.0664. The van der Waals surface area contributed by atoms with Gasteiger partial charge in [0.25, 0.3) is 0 Å².